The minimum Gasteiger partial charge on any atom is -0.507 e. The Labute approximate surface area is 188 Å². The smallest absolute Gasteiger partial charge is 0.328 e. The number of nitrogens with one attached hydrogen (secondary N) is 1. The number of likely N-dealkylation sites (tertiary alicyclic amines) is 1. The van der Waals surface area contributed by atoms with Crippen LogP contribution in [0.1, 0.15) is 22.3 Å². The largest absolute Gasteiger partial charge is 0.507 e. The fraction of sp³-hybridized carbons (Fsp3) is 0.318. The van der Waals surface area contributed by atoms with Gasteiger partial charge >= 0.3 is 11.9 Å². The summed E-state index contributed by atoms with van der Waals surface area (Å²) in [6.45, 7) is 0.815. The number of hydrogen-bond acceptors (Lipinski definition) is 7. The fourth-order valence-electron chi connectivity index (χ4n) is 3.21. The summed E-state index contributed by atoms with van der Waals surface area (Å²) in [7, 11) is 3.06. The van der Waals surface area contributed by atoms with E-state index in [9.17, 15) is 19.5 Å². The maximum absolute atomic E-state index is 12.8. The third-order valence-corrected chi connectivity index (χ3v) is 5.76. The Morgan fingerprint density at radius 2 is 1.97 bits per heavy atom. The molecule has 0 spiro atoms. The Morgan fingerprint density at radius 3 is 2.55 bits per heavy atom. The van der Waals surface area contributed by atoms with Gasteiger partial charge in [0, 0.05) is 19.0 Å². The molecule has 1 fully saturated rings. The Kier molecular flexibility index (Phi) is 7.29. The van der Waals surface area contributed by atoms with Crippen molar-refractivity contribution in [3.8, 4) is 11.5 Å². The van der Waals surface area contributed by atoms with E-state index in [0.29, 0.717) is 10.9 Å². The number of nitrogens with zero attached hydrogens (tertiary/aromatic N) is 1. The second kappa shape index (κ2) is 9.93. The molecule has 2 aromatic rings. The quantitative estimate of drug-likeness (QED) is 0.452. The molecule has 8 nitrogen and oxygen atoms in total. The predicted octanol–water partition coefficient (Wildman–Crippen LogP) is 2.28. The van der Waals surface area contributed by atoms with E-state index in [1.807, 2.05) is 42.3 Å². The van der Waals surface area contributed by atoms with Gasteiger partial charge in [-0.25, -0.2) is 9.59 Å². The van der Waals surface area contributed by atoms with Crippen LogP contribution in [0, 0.1) is 0 Å². The molecule has 2 atom stereocenters. The van der Waals surface area contributed by atoms with Crippen molar-refractivity contribution in [2.75, 3.05) is 20.7 Å². The zero-order valence-electron chi connectivity index (χ0n) is 17.1. The van der Waals surface area contributed by atoms with Crippen LogP contribution in [0.4, 0.5) is 0 Å². The number of phenols is 1. The van der Waals surface area contributed by atoms with Gasteiger partial charge in [0.05, 0.1) is 17.1 Å². The highest BCUT2D eigenvalue weighted by Crippen LogP contribution is 2.33. The maximum atomic E-state index is 12.8. The van der Waals surface area contributed by atoms with Gasteiger partial charge in [-0.15, -0.1) is 0 Å². The van der Waals surface area contributed by atoms with Crippen molar-refractivity contribution < 1.29 is 29.0 Å². The van der Waals surface area contributed by atoms with Gasteiger partial charge in [0.15, 0.2) is 0 Å². The molecule has 2 aromatic carbocycles. The van der Waals surface area contributed by atoms with E-state index in [-0.39, 0.29) is 29.5 Å². The first-order valence-electron chi connectivity index (χ1n) is 9.67. The molecule has 2 N–H and O–H groups in total. The van der Waals surface area contributed by atoms with E-state index in [4.69, 9.17) is 9.47 Å². The average Bonchev–Trinajstić information content (AvgIpc) is 2.74. The molecular formula is C22H23BrN2O6. The number of carbonyl (C=O) groups excluding carboxylic acids is 3. The number of aromatic hydroxyl groups is 1. The summed E-state index contributed by atoms with van der Waals surface area (Å²) in [5.41, 5.74) is 0.765. The number of hydrogen-bond donors (Lipinski definition) is 2. The van der Waals surface area contributed by atoms with Gasteiger partial charge in [0.25, 0.3) is 5.91 Å². The zero-order valence-corrected chi connectivity index (χ0v) is 18.7. The molecule has 1 aliphatic heterocycles. The van der Waals surface area contributed by atoms with Crippen molar-refractivity contribution in [3.05, 3.63) is 58.1 Å². The van der Waals surface area contributed by atoms with Crippen LogP contribution in [-0.4, -0.2) is 60.6 Å². The third-order valence-electron chi connectivity index (χ3n) is 5.14. The molecule has 0 bridgehead atoms. The summed E-state index contributed by atoms with van der Waals surface area (Å²) in [6, 6.07) is 10.4. The SMILES string of the molecule is COC(=O)[C@H](Cc1ccccc1)NC(=O)c1cc(Br)c(OC(=O)C2CCN2C)cc1O. The average molecular weight is 491 g/mol. The molecule has 31 heavy (non-hydrogen) atoms. The normalized spacial score (nSPS) is 16.7. The van der Waals surface area contributed by atoms with Gasteiger partial charge in [-0.3, -0.25) is 9.69 Å². The Bertz CT molecular complexity index is 981. The number of halogens is 1. The lowest BCUT2D eigenvalue weighted by molar-refractivity contribution is -0.144. The molecule has 1 amide bonds. The second-order valence-electron chi connectivity index (χ2n) is 7.24. The Hall–Kier alpha value is -2.91. The summed E-state index contributed by atoms with van der Waals surface area (Å²) < 4.78 is 10.5. The molecule has 164 valence electrons. The summed E-state index contributed by atoms with van der Waals surface area (Å²) in [5, 5.41) is 13.0. The topological polar surface area (TPSA) is 105 Å². The van der Waals surface area contributed by atoms with Crippen LogP contribution in [0.5, 0.6) is 11.5 Å². The van der Waals surface area contributed by atoms with Crippen LogP contribution < -0.4 is 10.1 Å². The molecule has 0 radical (unpaired) electrons. The number of rotatable bonds is 7. The highest BCUT2D eigenvalue weighted by Gasteiger charge is 2.33. The van der Waals surface area contributed by atoms with E-state index in [1.165, 1.54) is 19.2 Å². The highest BCUT2D eigenvalue weighted by molar-refractivity contribution is 9.10. The number of amides is 1. The van der Waals surface area contributed by atoms with Crippen LogP contribution >= 0.6 is 15.9 Å². The Balaban J connectivity index is 1.74. The molecule has 3 rings (SSSR count). The van der Waals surface area contributed by atoms with E-state index in [1.54, 1.807) is 0 Å². The minimum atomic E-state index is -0.940. The minimum absolute atomic E-state index is 0.0746. The van der Waals surface area contributed by atoms with Crippen LogP contribution in [0.2, 0.25) is 0 Å². The summed E-state index contributed by atoms with van der Waals surface area (Å²) in [6.07, 6.45) is 0.932. The van der Waals surface area contributed by atoms with Crippen molar-refractivity contribution in [1.82, 2.24) is 10.2 Å². The highest BCUT2D eigenvalue weighted by atomic mass is 79.9. The number of benzene rings is 2. The lowest BCUT2D eigenvalue weighted by Gasteiger charge is -2.35. The van der Waals surface area contributed by atoms with Crippen LogP contribution in [0.25, 0.3) is 0 Å². The van der Waals surface area contributed by atoms with Gasteiger partial charge in [0.1, 0.15) is 23.6 Å². The monoisotopic (exact) mass is 490 g/mol. The van der Waals surface area contributed by atoms with Gasteiger partial charge < -0.3 is 19.9 Å². The summed E-state index contributed by atoms with van der Waals surface area (Å²) >= 11 is 3.27. The first kappa shape index (κ1) is 22.8. The standard InChI is InChI=1S/C22H23BrN2O6/c1-25-9-8-17(25)22(29)31-19-12-18(26)14(11-15(19)23)20(27)24-16(21(28)30-2)10-13-6-4-3-5-7-13/h3-7,11-12,16-17,26H,8-10H2,1-2H3,(H,24,27)/t16-,17?/m0/s1. The third kappa shape index (κ3) is 5.42. The van der Waals surface area contributed by atoms with E-state index in [2.05, 4.69) is 21.2 Å². The molecule has 9 heteroatoms. The molecule has 1 unspecified atom stereocenters. The van der Waals surface area contributed by atoms with Gasteiger partial charge in [0.2, 0.25) is 0 Å². The first-order chi connectivity index (χ1) is 14.8. The number of ether oxygens (including phenoxy) is 2. The van der Waals surface area contributed by atoms with Crippen molar-refractivity contribution >= 4 is 33.8 Å². The van der Waals surface area contributed by atoms with E-state index in [0.717, 1.165) is 12.1 Å². The Morgan fingerprint density at radius 1 is 1.26 bits per heavy atom. The van der Waals surface area contributed by atoms with Crippen molar-refractivity contribution in [3.63, 3.8) is 0 Å². The van der Waals surface area contributed by atoms with Gasteiger partial charge in [-0.2, -0.15) is 0 Å². The van der Waals surface area contributed by atoms with Crippen LogP contribution in [0.15, 0.2) is 46.9 Å². The first-order valence-corrected chi connectivity index (χ1v) is 10.5. The van der Waals surface area contributed by atoms with Gasteiger partial charge in [-0.05, 0) is 41.0 Å². The summed E-state index contributed by atoms with van der Waals surface area (Å²) in [5.74, 6) is -1.98. The predicted molar refractivity (Wildman–Crippen MR) is 116 cm³/mol. The van der Waals surface area contributed by atoms with E-state index < -0.39 is 23.9 Å². The molecule has 0 aromatic heterocycles. The number of likely N-dealkylation sites (N-methyl/N-ethyl adjacent to an activating group) is 1. The lowest BCUT2D eigenvalue weighted by atomic mass is 10.0. The molecule has 0 aliphatic carbocycles. The summed E-state index contributed by atoms with van der Waals surface area (Å²) in [4.78, 5) is 39.0. The van der Waals surface area contributed by atoms with Gasteiger partial charge in [-0.1, -0.05) is 30.3 Å². The number of phenolic OH excluding ortho intramolecular Hbond substituents is 1. The zero-order chi connectivity index (χ0) is 22.5. The lowest BCUT2D eigenvalue weighted by Crippen LogP contribution is -2.51. The van der Waals surface area contributed by atoms with E-state index >= 15 is 0 Å². The fourth-order valence-corrected chi connectivity index (χ4v) is 3.64. The van der Waals surface area contributed by atoms with Crippen LogP contribution in [-0.2, 0) is 20.7 Å². The molecule has 1 aliphatic rings. The maximum Gasteiger partial charge on any atom is 0.328 e. The molecule has 1 heterocycles. The van der Waals surface area contributed by atoms with Crippen molar-refractivity contribution in [2.45, 2.75) is 24.9 Å². The molecule has 1 saturated heterocycles. The van der Waals surface area contributed by atoms with Crippen molar-refractivity contribution in [1.29, 1.82) is 0 Å². The van der Waals surface area contributed by atoms with Crippen LogP contribution in [0.3, 0.4) is 0 Å². The number of carbonyl (C=O) groups is 3. The molecular weight excluding hydrogens is 468 g/mol. The number of methoxy groups -OCH3 is 1. The molecule has 0 saturated carbocycles. The van der Waals surface area contributed by atoms with Crippen molar-refractivity contribution in [2.24, 2.45) is 0 Å². The number of esters is 2. The second-order valence-corrected chi connectivity index (χ2v) is 8.10.